The summed E-state index contributed by atoms with van der Waals surface area (Å²) in [7, 11) is 0. The van der Waals surface area contributed by atoms with Crippen molar-refractivity contribution < 1.29 is 0 Å². The second-order valence-corrected chi connectivity index (χ2v) is 3.59. The fourth-order valence-corrected chi connectivity index (χ4v) is 1.44. The van der Waals surface area contributed by atoms with Gasteiger partial charge >= 0.3 is 66.0 Å². The fraction of sp³-hybridized carbons (Fsp3) is 1.00. The molecule has 0 atom stereocenters. The van der Waals surface area contributed by atoms with Crippen LogP contribution in [0.2, 0.25) is 4.44 Å². The van der Waals surface area contributed by atoms with Crippen LogP contribution in [0.4, 0.5) is 0 Å². The van der Waals surface area contributed by atoms with Gasteiger partial charge in [0.25, 0.3) is 0 Å². The maximum absolute atomic E-state index is 2.26. The third-order valence-electron chi connectivity index (χ3n) is 1.28. The number of unbranched alkanes of at least 4 members (excludes halogenated alkanes) is 4. The van der Waals surface area contributed by atoms with Gasteiger partial charge in [0.05, 0.1) is 0 Å². The van der Waals surface area contributed by atoms with Crippen LogP contribution < -0.4 is 0 Å². The quantitative estimate of drug-likeness (QED) is 0.532. The maximum atomic E-state index is 2.26. The molecule has 0 aliphatic heterocycles. The summed E-state index contributed by atoms with van der Waals surface area (Å²) in [6.45, 7) is 2.26. The van der Waals surface area contributed by atoms with E-state index in [-0.39, 0.29) is 37.2 Å². The van der Waals surface area contributed by atoms with Gasteiger partial charge in [-0.1, -0.05) is 0 Å². The summed E-state index contributed by atoms with van der Waals surface area (Å²) >= 11 is 1.71. The van der Waals surface area contributed by atoms with E-state index in [0.29, 0.717) is 0 Å². The van der Waals surface area contributed by atoms with Gasteiger partial charge in [-0.3, -0.25) is 0 Å². The van der Waals surface area contributed by atoms with Gasteiger partial charge in [0, 0.05) is 0 Å². The van der Waals surface area contributed by atoms with Gasteiger partial charge in [0.2, 0.25) is 0 Å². The van der Waals surface area contributed by atoms with E-state index in [9.17, 15) is 0 Å². The van der Waals surface area contributed by atoms with Gasteiger partial charge in [-0.25, -0.2) is 0 Å². The summed E-state index contributed by atoms with van der Waals surface area (Å²) in [6.07, 6.45) is 7.22. The molecule has 4 heteroatoms. The largest absolute Gasteiger partial charge is 0.147 e. The first-order valence-corrected chi connectivity index (χ1v) is 5.58. The Kier molecular flexibility index (Phi) is 47.1. The fourth-order valence-electron chi connectivity index (χ4n) is 0.729. The minimum absolute atomic E-state index is 0. The van der Waals surface area contributed by atoms with Gasteiger partial charge < -0.3 is 0 Å². The number of hydrogen-bond acceptors (Lipinski definition) is 0. The number of rotatable bonds is 5. The zero-order valence-corrected chi connectivity index (χ0v) is 12.3. The van der Waals surface area contributed by atoms with Crippen molar-refractivity contribution in [3.05, 3.63) is 0 Å². The molecule has 11 heavy (non-hydrogen) atoms. The van der Waals surface area contributed by atoms with E-state index < -0.39 is 0 Å². The smallest absolute Gasteiger partial charge is 0.147 e. The van der Waals surface area contributed by atoms with Gasteiger partial charge in [-0.15, -0.1) is 37.2 Å². The molecule has 0 heterocycles. The summed E-state index contributed by atoms with van der Waals surface area (Å²) < 4.78 is 1.45. The van der Waals surface area contributed by atoms with Crippen molar-refractivity contribution in [2.24, 2.45) is 0 Å². The molecule has 0 aromatic carbocycles. The number of halogens is 3. The van der Waals surface area contributed by atoms with E-state index in [4.69, 9.17) is 0 Å². The first-order chi connectivity index (χ1) is 3.91. The molecule has 0 unspecified atom stereocenters. The van der Waals surface area contributed by atoms with Crippen LogP contribution in [-0.2, 0) is 0 Å². The second-order valence-electron chi connectivity index (χ2n) is 2.16. The van der Waals surface area contributed by atoms with Crippen LogP contribution in [0.1, 0.15) is 39.0 Å². The van der Waals surface area contributed by atoms with Gasteiger partial charge in [0.15, 0.2) is 0 Å². The summed E-state index contributed by atoms with van der Waals surface area (Å²) in [6, 6.07) is 0. The van der Waals surface area contributed by atoms with Gasteiger partial charge in [-0.2, -0.15) is 0 Å². The second kappa shape index (κ2) is 22.6. The molecule has 0 rings (SSSR count). The molecule has 0 saturated carbocycles. The van der Waals surface area contributed by atoms with E-state index in [0.717, 1.165) is 0 Å². The minimum Gasteiger partial charge on any atom is -0.147 e. The van der Waals surface area contributed by atoms with Crippen molar-refractivity contribution in [3.63, 3.8) is 0 Å². The van der Waals surface area contributed by atoms with Crippen LogP contribution in [0.15, 0.2) is 0 Å². The Morgan fingerprint density at radius 3 is 1.64 bits per heavy atom. The first-order valence-electron chi connectivity index (χ1n) is 3.56. The third-order valence-corrected chi connectivity index (χ3v) is 2.29. The molecule has 0 aromatic rings. The Hall–Kier alpha value is 1.67. The molecular weight excluding hydrogens is 309 g/mol. The normalized spacial score (nSPS) is 7.09. The van der Waals surface area contributed by atoms with Crippen LogP contribution in [0, 0.1) is 0 Å². The molecule has 71 valence electrons. The molecule has 0 bridgehead atoms. The summed E-state index contributed by atoms with van der Waals surface area (Å²) in [5.74, 6) is 0. The minimum atomic E-state index is 0. The molecule has 0 aromatic heterocycles. The Morgan fingerprint density at radius 2 is 1.27 bits per heavy atom. The van der Waals surface area contributed by atoms with Gasteiger partial charge in [-0.05, 0) is 0 Å². The average Bonchev–Trinajstić information content (AvgIpc) is 1.81. The topological polar surface area (TPSA) is 0 Å². The SMILES string of the molecule is CCCCCC[CH2][Sn].Cl.Cl.Cl. The maximum Gasteiger partial charge on any atom is -0.147 e. The van der Waals surface area contributed by atoms with E-state index in [1.165, 1.54) is 36.5 Å². The Balaban J connectivity index is -0.0000000817. The molecule has 0 saturated heterocycles. The molecular formula is C7H18Cl3Sn. The molecule has 0 spiro atoms. The van der Waals surface area contributed by atoms with Crippen LogP contribution in [0.5, 0.6) is 0 Å². The van der Waals surface area contributed by atoms with Crippen LogP contribution in [-0.4, -0.2) is 22.5 Å². The van der Waals surface area contributed by atoms with Crippen molar-refractivity contribution >= 4 is 59.7 Å². The van der Waals surface area contributed by atoms with E-state index in [1.807, 2.05) is 0 Å². The molecule has 0 aliphatic carbocycles. The predicted octanol–water partition coefficient (Wildman–Crippen LogP) is 3.81. The zero-order chi connectivity index (χ0) is 6.24. The summed E-state index contributed by atoms with van der Waals surface area (Å²) in [5.41, 5.74) is 0. The molecule has 0 N–H and O–H groups in total. The first kappa shape index (κ1) is 23.0. The van der Waals surface area contributed by atoms with Gasteiger partial charge in [0.1, 0.15) is 0 Å². The van der Waals surface area contributed by atoms with Crippen LogP contribution in [0.3, 0.4) is 0 Å². The van der Waals surface area contributed by atoms with Crippen molar-refractivity contribution in [1.82, 2.24) is 0 Å². The van der Waals surface area contributed by atoms with E-state index >= 15 is 0 Å². The molecule has 0 fully saturated rings. The molecule has 0 aliphatic rings. The predicted molar refractivity (Wildman–Crippen MR) is 61.1 cm³/mol. The summed E-state index contributed by atoms with van der Waals surface area (Å²) in [4.78, 5) is 0. The molecule has 0 amide bonds. The van der Waals surface area contributed by atoms with Crippen molar-refractivity contribution in [2.75, 3.05) is 0 Å². The zero-order valence-electron chi connectivity index (χ0n) is 6.97. The summed E-state index contributed by atoms with van der Waals surface area (Å²) in [5, 5.41) is 0. The molecule has 3 radical (unpaired) electrons. The van der Waals surface area contributed by atoms with Crippen molar-refractivity contribution in [3.8, 4) is 0 Å². The number of hydrogen-bond donors (Lipinski definition) is 0. The third kappa shape index (κ3) is 24.5. The standard InChI is InChI=1S/C7H15.3ClH.Sn/c1-3-5-7-6-4-2;;;;/h1,3-7H2,2H3;3*1H;. The molecule has 0 nitrogen and oxygen atoms in total. The monoisotopic (exact) mass is 327 g/mol. The Labute approximate surface area is 103 Å². The van der Waals surface area contributed by atoms with Crippen LogP contribution in [0.25, 0.3) is 0 Å². The Morgan fingerprint density at radius 1 is 0.818 bits per heavy atom. The van der Waals surface area contributed by atoms with E-state index in [2.05, 4.69) is 6.92 Å². The van der Waals surface area contributed by atoms with Crippen molar-refractivity contribution in [2.45, 2.75) is 43.5 Å². The van der Waals surface area contributed by atoms with Crippen LogP contribution >= 0.6 is 37.2 Å². The van der Waals surface area contributed by atoms with Crippen molar-refractivity contribution in [1.29, 1.82) is 0 Å². The van der Waals surface area contributed by atoms with E-state index in [1.54, 1.807) is 22.5 Å². The average molecular weight is 327 g/mol. The Bertz CT molecular complexity index is 38.7.